The van der Waals surface area contributed by atoms with Crippen LogP contribution in [0.4, 0.5) is 11.5 Å². The monoisotopic (exact) mass is 334 g/mol. The zero-order valence-electron chi connectivity index (χ0n) is 14.5. The molecule has 0 saturated heterocycles. The van der Waals surface area contributed by atoms with Crippen LogP contribution in [0.25, 0.3) is 17.0 Å². The third-order valence-electron chi connectivity index (χ3n) is 4.34. The lowest BCUT2D eigenvalue weighted by molar-refractivity contribution is 0.533. The van der Waals surface area contributed by atoms with Gasteiger partial charge in [0, 0.05) is 24.4 Å². The molecule has 7 nitrogen and oxygen atoms in total. The second-order valence-electron chi connectivity index (χ2n) is 6.12. The Kier molecular flexibility index (Phi) is 3.49. The molecule has 126 valence electrons. The molecule has 4 aromatic rings. The molecule has 0 unspecified atom stereocenters. The van der Waals surface area contributed by atoms with Crippen molar-refractivity contribution in [1.82, 2.24) is 24.8 Å². The maximum absolute atomic E-state index is 5.53. The molecule has 0 aliphatic carbocycles. The van der Waals surface area contributed by atoms with Crippen LogP contribution >= 0.6 is 0 Å². The van der Waals surface area contributed by atoms with Gasteiger partial charge in [-0.3, -0.25) is 0 Å². The Morgan fingerprint density at radius 1 is 1.04 bits per heavy atom. The number of fused-ring (bicyclic) bond motifs is 1. The summed E-state index contributed by atoms with van der Waals surface area (Å²) in [6.45, 7) is 7.96. The lowest BCUT2D eigenvalue weighted by Gasteiger charge is -2.11. The molecule has 0 atom stereocenters. The highest BCUT2D eigenvalue weighted by Crippen LogP contribution is 2.29. The van der Waals surface area contributed by atoms with Crippen LogP contribution in [0.15, 0.2) is 35.1 Å². The molecule has 0 fully saturated rings. The van der Waals surface area contributed by atoms with Gasteiger partial charge in [-0.2, -0.15) is 5.10 Å². The van der Waals surface area contributed by atoms with Crippen molar-refractivity contribution in [3.63, 3.8) is 0 Å². The molecule has 4 rings (SSSR count). The standard InChI is InChI=1S/C18H18N6O/c1-10-5-6-14(18-23-22-13(4)25-18)7-15(10)21-17-16-12(3)11(2)8-24(16)20-9-19-17/h5-9H,1-4H3,(H,19,20,21). The van der Waals surface area contributed by atoms with Gasteiger partial charge in [-0.1, -0.05) is 6.07 Å². The van der Waals surface area contributed by atoms with E-state index in [0.29, 0.717) is 11.8 Å². The highest BCUT2D eigenvalue weighted by atomic mass is 16.4. The summed E-state index contributed by atoms with van der Waals surface area (Å²) in [6, 6.07) is 5.98. The molecule has 25 heavy (non-hydrogen) atoms. The van der Waals surface area contributed by atoms with E-state index in [9.17, 15) is 0 Å². The highest BCUT2D eigenvalue weighted by molar-refractivity contribution is 5.79. The fourth-order valence-electron chi connectivity index (χ4n) is 2.80. The van der Waals surface area contributed by atoms with Gasteiger partial charge >= 0.3 is 0 Å². The van der Waals surface area contributed by atoms with Gasteiger partial charge in [0.2, 0.25) is 11.8 Å². The van der Waals surface area contributed by atoms with Gasteiger partial charge in [-0.15, -0.1) is 10.2 Å². The van der Waals surface area contributed by atoms with Gasteiger partial charge in [0.1, 0.15) is 11.8 Å². The summed E-state index contributed by atoms with van der Waals surface area (Å²) in [7, 11) is 0. The van der Waals surface area contributed by atoms with Crippen molar-refractivity contribution in [3.8, 4) is 11.5 Å². The summed E-state index contributed by atoms with van der Waals surface area (Å²) in [5.41, 5.74) is 6.20. The molecule has 0 aliphatic rings. The predicted octanol–water partition coefficient (Wildman–Crippen LogP) is 3.76. The van der Waals surface area contributed by atoms with Crippen LogP contribution in [0.2, 0.25) is 0 Å². The zero-order valence-corrected chi connectivity index (χ0v) is 14.5. The van der Waals surface area contributed by atoms with Crippen molar-refractivity contribution in [1.29, 1.82) is 0 Å². The summed E-state index contributed by atoms with van der Waals surface area (Å²) >= 11 is 0. The topological polar surface area (TPSA) is 81.1 Å². The largest absolute Gasteiger partial charge is 0.421 e. The minimum absolute atomic E-state index is 0.503. The van der Waals surface area contributed by atoms with Crippen molar-refractivity contribution in [3.05, 3.63) is 53.3 Å². The van der Waals surface area contributed by atoms with Gasteiger partial charge in [0.05, 0.1) is 0 Å². The van der Waals surface area contributed by atoms with E-state index in [0.717, 1.165) is 33.7 Å². The van der Waals surface area contributed by atoms with Gasteiger partial charge in [-0.05, 0) is 49.6 Å². The Bertz CT molecular complexity index is 1080. The number of rotatable bonds is 3. The molecule has 0 saturated carbocycles. The number of aryl methyl sites for hydroxylation is 4. The van der Waals surface area contributed by atoms with Crippen molar-refractivity contribution in [2.75, 3.05) is 5.32 Å². The van der Waals surface area contributed by atoms with Gasteiger partial charge < -0.3 is 9.73 Å². The van der Waals surface area contributed by atoms with Crippen LogP contribution in [-0.4, -0.2) is 24.8 Å². The summed E-state index contributed by atoms with van der Waals surface area (Å²) in [4.78, 5) is 4.43. The number of nitrogens with zero attached hydrogens (tertiary/aromatic N) is 5. The molecule has 7 heteroatoms. The molecular formula is C18H18N6O. The molecule has 1 N–H and O–H groups in total. The van der Waals surface area contributed by atoms with E-state index in [4.69, 9.17) is 4.42 Å². The van der Waals surface area contributed by atoms with E-state index in [2.05, 4.69) is 39.4 Å². The normalized spacial score (nSPS) is 11.2. The van der Waals surface area contributed by atoms with E-state index < -0.39 is 0 Å². The van der Waals surface area contributed by atoms with Crippen LogP contribution in [0.1, 0.15) is 22.6 Å². The summed E-state index contributed by atoms with van der Waals surface area (Å²) in [6.07, 6.45) is 3.55. The Hall–Kier alpha value is -3.22. The number of hydrogen-bond acceptors (Lipinski definition) is 6. The average molecular weight is 334 g/mol. The second-order valence-corrected chi connectivity index (χ2v) is 6.12. The first-order chi connectivity index (χ1) is 12.0. The lowest BCUT2D eigenvalue weighted by atomic mass is 10.1. The first-order valence-electron chi connectivity index (χ1n) is 8.00. The summed E-state index contributed by atoms with van der Waals surface area (Å²) < 4.78 is 7.38. The first-order valence-corrected chi connectivity index (χ1v) is 8.00. The molecule has 3 aromatic heterocycles. The Morgan fingerprint density at radius 2 is 1.88 bits per heavy atom. The maximum atomic E-state index is 5.53. The van der Waals surface area contributed by atoms with Crippen molar-refractivity contribution in [2.24, 2.45) is 0 Å². The van der Waals surface area contributed by atoms with Gasteiger partial charge in [0.25, 0.3) is 0 Å². The van der Waals surface area contributed by atoms with Crippen LogP contribution in [0.5, 0.6) is 0 Å². The Morgan fingerprint density at radius 3 is 2.64 bits per heavy atom. The molecule has 0 amide bonds. The third kappa shape index (κ3) is 2.63. The van der Waals surface area contributed by atoms with Crippen LogP contribution < -0.4 is 5.32 Å². The fourth-order valence-corrected chi connectivity index (χ4v) is 2.80. The molecule has 3 heterocycles. The molecular weight excluding hydrogens is 316 g/mol. The summed E-state index contributed by atoms with van der Waals surface area (Å²) in [5.74, 6) is 1.81. The molecule has 0 aliphatic heterocycles. The minimum Gasteiger partial charge on any atom is -0.421 e. The second kappa shape index (κ2) is 5.70. The van der Waals surface area contributed by atoms with Crippen molar-refractivity contribution < 1.29 is 4.42 Å². The maximum Gasteiger partial charge on any atom is 0.247 e. The van der Waals surface area contributed by atoms with Crippen LogP contribution in [-0.2, 0) is 0 Å². The Balaban J connectivity index is 1.79. The average Bonchev–Trinajstić information content (AvgIpc) is 3.14. The molecule has 0 spiro atoms. The van der Waals surface area contributed by atoms with Gasteiger partial charge in [0.15, 0.2) is 5.82 Å². The van der Waals surface area contributed by atoms with Gasteiger partial charge in [-0.25, -0.2) is 9.50 Å². The quantitative estimate of drug-likeness (QED) is 0.614. The van der Waals surface area contributed by atoms with E-state index in [-0.39, 0.29) is 0 Å². The third-order valence-corrected chi connectivity index (χ3v) is 4.34. The van der Waals surface area contributed by atoms with Crippen molar-refractivity contribution >= 4 is 17.0 Å². The number of aromatic nitrogens is 5. The Labute approximate surface area is 144 Å². The van der Waals surface area contributed by atoms with Crippen LogP contribution in [0.3, 0.4) is 0 Å². The fraction of sp³-hybridized carbons (Fsp3) is 0.222. The van der Waals surface area contributed by atoms with Crippen LogP contribution in [0, 0.1) is 27.7 Å². The number of hydrogen-bond donors (Lipinski definition) is 1. The van der Waals surface area contributed by atoms with E-state index >= 15 is 0 Å². The molecule has 1 aromatic carbocycles. The van der Waals surface area contributed by atoms with Crippen molar-refractivity contribution in [2.45, 2.75) is 27.7 Å². The van der Waals surface area contributed by atoms with E-state index in [1.807, 2.05) is 35.8 Å². The van der Waals surface area contributed by atoms with E-state index in [1.54, 1.807) is 13.3 Å². The molecule has 0 bridgehead atoms. The smallest absolute Gasteiger partial charge is 0.247 e. The lowest BCUT2D eigenvalue weighted by Crippen LogP contribution is -2.01. The number of benzene rings is 1. The summed E-state index contributed by atoms with van der Waals surface area (Å²) in [5, 5.41) is 15.7. The number of anilines is 2. The minimum atomic E-state index is 0.503. The first kappa shape index (κ1) is 15.3. The molecule has 0 radical (unpaired) electrons. The zero-order chi connectivity index (χ0) is 17.6. The van der Waals surface area contributed by atoms with E-state index in [1.165, 1.54) is 5.56 Å². The highest BCUT2D eigenvalue weighted by Gasteiger charge is 2.13. The number of nitrogens with one attached hydrogen (secondary N) is 1. The SMILES string of the molecule is Cc1nnc(-c2ccc(C)c(Nc3ncnn4cc(C)c(C)c34)c2)o1. The predicted molar refractivity (Wildman–Crippen MR) is 95.0 cm³/mol.